The van der Waals surface area contributed by atoms with E-state index in [0.29, 0.717) is 28.1 Å². The Hall–Kier alpha value is -7.04. The number of phenolic OH excluding ortho intramolecular Hbond substituents is 1. The summed E-state index contributed by atoms with van der Waals surface area (Å²) in [6, 6.07) is 56.9. The van der Waals surface area contributed by atoms with Crippen LogP contribution in [0.4, 0.5) is 0 Å². The van der Waals surface area contributed by atoms with Crippen molar-refractivity contribution in [3.8, 4) is 78.6 Å². The summed E-state index contributed by atoms with van der Waals surface area (Å²) in [7, 11) is 0. The Balaban J connectivity index is 1.34. The number of rotatable bonds is 9. The van der Waals surface area contributed by atoms with Crippen LogP contribution < -0.4 is 0 Å². The maximum atomic E-state index is 12.2. The molecule has 59 heavy (non-hydrogen) atoms. The second kappa shape index (κ2) is 15.7. The largest absolute Gasteiger partial charge is 0.507 e. The minimum absolute atomic E-state index is 0.0251. The number of fused-ring (bicyclic) bond motifs is 1. The van der Waals surface area contributed by atoms with Crippen LogP contribution in [0.15, 0.2) is 176 Å². The Morgan fingerprint density at radius 2 is 1.15 bits per heavy atom. The van der Waals surface area contributed by atoms with Crippen molar-refractivity contribution in [3.63, 3.8) is 0 Å². The van der Waals surface area contributed by atoms with Gasteiger partial charge in [0.05, 0.1) is 28.0 Å². The maximum Gasteiger partial charge on any atom is 0.149 e. The summed E-state index contributed by atoms with van der Waals surface area (Å²) < 4.78 is 28.6. The van der Waals surface area contributed by atoms with Crippen molar-refractivity contribution in [2.75, 3.05) is 0 Å². The number of pyridine rings is 1. The number of aromatic hydroxyl groups is 1. The van der Waals surface area contributed by atoms with Gasteiger partial charge in [-0.05, 0) is 129 Å². The summed E-state index contributed by atoms with van der Waals surface area (Å²) in [6.45, 7) is 5.94. The predicted molar refractivity (Wildman–Crippen MR) is 246 cm³/mol. The SMILES string of the molecule is [2H]C([2H])([2H])c1cc(-c2ccccc2)ccc1-n1c(-c2cc(C(C)C)cc(C(C)C)c2O)nc2c(-c3cc(-c4ccccc4)cc(-c4cc(-c5ccccc5)ccn4)c3)cccc21. The highest BCUT2D eigenvalue weighted by molar-refractivity contribution is 5.98. The molecule has 9 aromatic rings. The van der Waals surface area contributed by atoms with Crippen molar-refractivity contribution in [1.82, 2.24) is 14.5 Å². The van der Waals surface area contributed by atoms with Crippen LogP contribution in [0.5, 0.6) is 5.75 Å². The molecule has 0 saturated carbocycles. The first-order valence-corrected chi connectivity index (χ1v) is 20.3. The van der Waals surface area contributed by atoms with Crippen LogP contribution in [0.1, 0.15) is 60.3 Å². The zero-order chi connectivity index (χ0) is 43.1. The van der Waals surface area contributed by atoms with Gasteiger partial charge in [-0.3, -0.25) is 9.55 Å². The van der Waals surface area contributed by atoms with Crippen molar-refractivity contribution in [2.45, 2.75) is 46.4 Å². The molecule has 0 unspecified atom stereocenters. The molecule has 1 N–H and O–H groups in total. The monoisotopic (exact) mass is 768 g/mol. The normalized spacial score (nSPS) is 12.5. The smallest absolute Gasteiger partial charge is 0.149 e. The fourth-order valence-electron chi connectivity index (χ4n) is 8.05. The fraction of sp³-hybridized carbons (Fsp3) is 0.127. The number of hydrogen-bond acceptors (Lipinski definition) is 3. The van der Waals surface area contributed by atoms with E-state index in [4.69, 9.17) is 14.1 Å². The molecule has 0 spiro atoms. The van der Waals surface area contributed by atoms with Crippen LogP contribution in [-0.2, 0) is 0 Å². The van der Waals surface area contributed by atoms with Gasteiger partial charge in [-0.15, -0.1) is 0 Å². The van der Waals surface area contributed by atoms with E-state index in [1.54, 1.807) is 6.07 Å². The highest BCUT2D eigenvalue weighted by Gasteiger charge is 2.24. The van der Waals surface area contributed by atoms with Crippen LogP contribution in [0, 0.1) is 6.85 Å². The third-order valence-corrected chi connectivity index (χ3v) is 11.2. The molecule has 0 aliphatic rings. The van der Waals surface area contributed by atoms with Crippen molar-refractivity contribution >= 4 is 11.0 Å². The van der Waals surface area contributed by atoms with E-state index in [0.717, 1.165) is 66.9 Å². The zero-order valence-corrected chi connectivity index (χ0v) is 33.7. The lowest BCUT2D eigenvalue weighted by Crippen LogP contribution is -2.03. The molecule has 0 radical (unpaired) electrons. The van der Waals surface area contributed by atoms with Crippen LogP contribution in [0.2, 0.25) is 0 Å². The van der Waals surface area contributed by atoms with E-state index in [2.05, 4.69) is 88.4 Å². The summed E-state index contributed by atoms with van der Waals surface area (Å²) in [6.07, 6.45) is 1.86. The van der Waals surface area contributed by atoms with Gasteiger partial charge >= 0.3 is 0 Å². The standard InChI is InChI=1S/C55H47N3O/c1-35(2)43-32-48(36(3)4)54(59)49(33-43)55-57-53-47(22-15-23-52(53)58(55)51-25-24-41(28-37(51)5)38-16-9-6-10-17-38)45-29-44(40-20-13-8-14-21-40)30-46(31-45)50-34-42(26-27-56-50)39-18-11-7-12-19-39/h6-36,59H,1-5H3/i5D3. The quantitative estimate of drug-likeness (QED) is 0.159. The number of benzene rings is 7. The molecule has 4 heteroatoms. The fourth-order valence-corrected chi connectivity index (χ4v) is 8.05. The second-order valence-corrected chi connectivity index (χ2v) is 15.8. The molecule has 4 nitrogen and oxygen atoms in total. The highest BCUT2D eigenvalue weighted by Crippen LogP contribution is 2.43. The Morgan fingerprint density at radius 1 is 0.525 bits per heavy atom. The predicted octanol–water partition coefficient (Wildman–Crippen LogP) is 14.7. The van der Waals surface area contributed by atoms with Gasteiger partial charge in [0.15, 0.2) is 0 Å². The minimum atomic E-state index is -2.48. The van der Waals surface area contributed by atoms with Gasteiger partial charge in [-0.2, -0.15) is 0 Å². The van der Waals surface area contributed by atoms with Gasteiger partial charge < -0.3 is 5.11 Å². The van der Waals surface area contributed by atoms with Gasteiger partial charge in [0.1, 0.15) is 11.6 Å². The molecule has 0 bridgehead atoms. The molecule has 7 aromatic carbocycles. The Bertz CT molecular complexity index is 3060. The summed E-state index contributed by atoms with van der Waals surface area (Å²) in [5.41, 5.74) is 14.0. The van der Waals surface area contributed by atoms with Crippen molar-refractivity contribution in [3.05, 3.63) is 193 Å². The van der Waals surface area contributed by atoms with Crippen LogP contribution in [0.3, 0.4) is 0 Å². The van der Waals surface area contributed by atoms with E-state index in [-0.39, 0.29) is 23.1 Å². The number of hydrogen-bond donors (Lipinski definition) is 1. The number of phenols is 1. The summed E-state index contributed by atoms with van der Waals surface area (Å²) in [5, 5.41) is 12.2. The number of para-hydroxylation sites is 1. The highest BCUT2D eigenvalue weighted by atomic mass is 16.3. The first-order chi connectivity index (χ1) is 29.9. The molecule has 0 atom stereocenters. The van der Waals surface area contributed by atoms with E-state index >= 15 is 0 Å². The average molecular weight is 769 g/mol. The Kier molecular flexibility index (Phi) is 9.07. The third kappa shape index (κ3) is 7.23. The van der Waals surface area contributed by atoms with E-state index in [1.807, 2.05) is 114 Å². The molecular weight excluding hydrogens is 719 g/mol. The summed E-state index contributed by atoms with van der Waals surface area (Å²) in [5.74, 6) is 0.786. The lowest BCUT2D eigenvalue weighted by atomic mass is 9.91. The number of aromatic nitrogens is 3. The molecule has 9 rings (SSSR count). The van der Waals surface area contributed by atoms with Crippen LogP contribution >= 0.6 is 0 Å². The summed E-state index contributed by atoms with van der Waals surface area (Å²) in [4.78, 5) is 10.3. The van der Waals surface area contributed by atoms with Crippen LogP contribution in [-0.4, -0.2) is 19.6 Å². The van der Waals surface area contributed by atoms with Gasteiger partial charge in [0.25, 0.3) is 0 Å². The number of nitrogens with zero attached hydrogens (tertiary/aromatic N) is 3. The number of aryl methyl sites for hydroxylation is 1. The first-order valence-electron chi connectivity index (χ1n) is 21.8. The van der Waals surface area contributed by atoms with E-state index in [1.165, 1.54) is 0 Å². The lowest BCUT2D eigenvalue weighted by Gasteiger charge is -2.19. The molecule has 2 aromatic heterocycles. The lowest BCUT2D eigenvalue weighted by molar-refractivity contribution is 0.466. The van der Waals surface area contributed by atoms with E-state index in [9.17, 15) is 5.11 Å². The van der Waals surface area contributed by atoms with Crippen molar-refractivity contribution in [2.24, 2.45) is 0 Å². The molecule has 0 saturated heterocycles. The van der Waals surface area contributed by atoms with Crippen molar-refractivity contribution in [1.29, 1.82) is 0 Å². The average Bonchev–Trinajstić information content (AvgIpc) is 3.68. The first kappa shape index (κ1) is 34.0. The molecule has 2 heterocycles. The van der Waals surface area contributed by atoms with Gasteiger partial charge in [0.2, 0.25) is 0 Å². The topological polar surface area (TPSA) is 50.9 Å². The molecular formula is C55H47N3O. The second-order valence-electron chi connectivity index (χ2n) is 15.8. The van der Waals surface area contributed by atoms with Crippen molar-refractivity contribution < 1.29 is 9.22 Å². The Morgan fingerprint density at radius 3 is 1.80 bits per heavy atom. The minimum Gasteiger partial charge on any atom is -0.507 e. The molecule has 0 aliphatic carbocycles. The zero-order valence-electron chi connectivity index (χ0n) is 36.7. The van der Waals surface area contributed by atoms with Gasteiger partial charge in [-0.1, -0.05) is 143 Å². The molecule has 288 valence electrons. The molecule has 0 amide bonds. The summed E-state index contributed by atoms with van der Waals surface area (Å²) >= 11 is 0. The van der Waals surface area contributed by atoms with Gasteiger partial charge in [-0.25, -0.2) is 4.98 Å². The number of imidazole rings is 1. The maximum absolute atomic E-state index is 12.2. The Labute approximate surface area is 351 Å². The van der Waals surface area contributed by atoms with E-state index < -0.39 is 6.85 Å². The van der Waals surface area contributed by atoms with Gasteiger partial charge in [0, 0.05) is 21.4 Å². The molecule has 0 aliphatic heterocycles. The molecule has 0 fully saturated rings. The third-order valence-electron chi connectivity index (χ3n) is 11.2. The van der Waals surface area contributed by atoms with Crippen LogP contribution in [0.25, 0.3) is 83.9 Å².